The molecule has 1 saturated heterocycles. The molecule has 2 fully saturated rings. The average molecular weight is 244 g/mol. The fourth-order valence-electron chi connectivity index (χ4n) is 3.27. The number of rotatable bonds is 2. The van der Waals surface area contributed by atoms with Gasteiger partial charge in [-0.1, -0.05) is 6.92 Å². The first kappa shape index (κ1) is 12.7. The van der Waals surface area contributed by atoms with Gasteiger partial charge in [0.15, 0.2) is 0 Å². The second-order valence-electron chi connectivity index (χ2n) is 6.10. The van der Waals surface area contributed by atoms with Gasteiger partial charge in [-0.3, -0.25) is 0 Å². The van der Waals surface area contributed by atoms with Crippen LogP contribution in [0.1, 0.15) is 52.4 Å². The fraction of sp³-hybridized carbons (Fsp3) is 1.00. The first-order valence-electron chi connectivity index (χ1n) is 7.03. The largest absolute Gasteiger partial charge is 0.300 e. The van der Waals surface area contributed by atoms with E-state index in [1.165, 1.54) is 51.6 Å². The van der Waals surface area contributed by atoms with Gasteiger partial charge < -0.3 is 4.90 Å². The van der Waals surface area contributed by atoms with Crippen LogP contribution < -0.4 is 0 Å². The molecule has 0 aromatic carbocycles. The summed E-state index contributed by atoms with van der Waals surface area (Å²) in [4.78, 5) is 2.73. The summed E-state index contributed by atoms with van der Waals surface area (Å²) in [5.74, 6) is 1.82. The van der Waals surface area contributed by atoms with Gasteiger partial charge in [0.05, 0.1) is 0 Å². The summed E-state index contributed by atoms with van der Waals surface area (Å²) in [5.41, 5.74) is 0. The number of likely N-dealkylation sites (tertiary alicyclic amines) is 1. The summed E-state index contributed by atoms with van der Waals surface area (Å²) in [5, 5.41) is 0.467. The third kappa shape index (κ3) is 3.37. The highest BCUT2D eigenvalue weighted by Gasteiger charge is 2.27. The maximum Gasteiger partial charge on any atom is 0.0336 e. The minimum Gasteiger partial charge on any atom is -0.300 e. The molecule has 0 radical (unpaired) electrons. The van der Waals surface area contributed by atoms with E-state index < -0.39 is 0 Å². The van der Waals surface area contributed by atoms with Crippen LogP contribution in [0.3, 0.4) is 0 Å². The average Bonchev–Trinajstić information content (AvgIpc) is 2.27. The van der Waals surface area contributed by atoms with Crippen LogP contribution in [0.5, 0.6) is 0 Å². The second-order valence-corrected chi connectivity index (χ2v) is 6.72. The Bertz CT molecular complexity index is 211. The summed E-state index contributed by atoms with van der Waals surface area (Å²) >= 11 is 6.16. The van der Waals surface area contributed by atoms with Gasteiger partial charge in [-0.2, -0.15) is 0 Å². The number of piperidine rings is 1. The Balaban J connectivity index is 1.79. The molecular weight excluding hydrogens is 218 g/mol. The van der Waals surface area contributed by atoms with Crippen LogP contribution in [-0.4, -0.2) is 29.4 Å². The van der Waals surface area contributed by atoms with Crippen LogP contribution in [0.2, 0.25) is 0 Å². The second kappa shape index (κ2) is 5.73. The van der Waals surface area contributed by atoms with Crippen LogP contribution in [0.25, 0.3) is 0 Å². The maximum atomic E-state index is 6.16. The zero-order valence-electron chi connectivity index (χ0n) is 10.8. The van der Waals surface area contributed by atoms with Crippen molar-refractivity contribution in [1.29, 1.82) is 0 Å². The van der Waals surface area contributed by atoms with Gasteiger partial charge in [-0.05, 0) is 57.3 Å². The fourth-order valence-corrected chi connectivity index (χ4v) is 3.52. The molecule has 0 amide bonds. The van der Waals surface area contributed by atoms with Crippen molar-refractivity contribution in [2.24, 2.45) is 11.8 Å². The third-order valence-electron chi connectivity index (χ3n) is 4.52. The summed E-state index contributed by atoms with van der Waals surface area (Å²) in [6, 6.07) is 0.810. The van der Waals surface area contributed by atoms with Crippen LogP contribution in [0.4, 0.5) is 0 Å². The van der Waals surface area contributed by atoms with E-state index in [0.29, 0.717) is 5.38 Å². The lowest BCUT2D eigenvalue weighted by Crippen LogP contribution is -2.44. The molecule has 16 heavy (non-hydrogen) atoms. The first-order chi connectivity index (χ1) is 7.65. The van der Waals surface area contributed by atoms with Crippen molar-refractivity contribution in [2.45, 2.75) is 63.8 Å². The highest BCUT2D eigenvalue weighted by Crippen LogP contribution is 2.30. The molecule has 1 aliphatic heterocycles. The predicted molar refractivity (Wildman–Crippen MR) is 71.0 cm³/mol. The van der Waals surface area contributed by atoms with E-state index in [1.807, 2.05) is 0 Å². The Labute approximate surface area is 106 Å². The number of hydrogen-bond acceptors (Lipinski definition) is 1. The first-order valence-corrected chi connectivity index (χ1v) is 7.47. The molecule has 0 bridgehead atoms. The summed E-state index contributed by atoms with van der Waals surface area (Å²) in [6.07, 6.45) is 8.00. The Morgan fingerprint density at radius 1 is 1.00 bits per heavy atom. The quantitative estimate of drug-likeness (QED) is 0.665. The van der Waals surface area contributed by atoms with Crippen molar-refractivity contribution in [3.05, 3.63) is 0 Å². The van der Waals surface area contributed by atoms with Gasteiger partial charge in [0.25, 0.3) is 0 Å². The third-order valence-corrected chi connectivity index (χ3v) is 4.95. The van der Waals surface area contributed by atoms with E-state index in [2.05, 4.69) is 18.7 Å². The SMILES string of the molecule is CC1CCC(C)N(CC2CCC(Cl)CC2)C1. The van der Waals surface area contributed by atoms with Crippen LogP contribution in [0.15, 0.2) is 0 Å². The molecule has 1 heterocycles. The molecule has 2 aliphatic rings. The van der Waals surface area contributed by atoms with Gasteiger partial charge in [0.1, 0.15) is 0 Å². The molecule has 0 spiro atoms. The van der Waals surface area contributed by atoms with Crippen molar-refractivity contribution < 1.29 is 0 Å². The van der Waals surface area contributed by atoms with E-state index in [4.69, 9.17) is 11.6 Å². The maximum absolute atomic E-state index is 6.16. The van der Waals surface area contributed by atoms with Gasteiger partial charge in [-0.15, -0.1) is 11.6 Å². The van der Waals surface area contributed by atoms with Crippen LogP contribution in [-0.2, 0) is 0 Å². The highest BCUT2D eigenvalue weighted by molar-refractivity contribution is 6.20. The van der Waals surface area contributed by atoms with Crippen LogP contribution >= 0.6 is 11.6 Å². The van der Waals surface area contributed by atoms with E-state index in [0.717, 1.165) is 17.9 Å². The van der Waals surface area contributed by atoms with Gasteiger partial charge in [-0.25, -0.2) is 0 Å². The van der Waals surface area contributed by atoms with Crippen LogP contribution in [0, 0.1) is 11.8 Å². The normalized spacial score (nSPS) is 42.2. The van der Waals surface area contributed by atoms with Crippen molar-refractivity contribution >= 4 is 11.6 Å². The number of alkyl halides is 1. The number of nitrogens with zero attached hydrogens (tertiary/aromatic N) is 1. The summed E-state index contributed by atoms with van der Waals surface area (Å²) in [7, 11) is 0. The van der Waals surface area contributed by atoms with E-state index in [-0.39, 0.29) is 0 Å². The highest BCUT2D eigenvalue weighted by atomic mass is 35.5. The molecule has 2 unspecified atom stereocenters. The Morgan fingerprint density at radius 3 is 2.38 bits per heavy atom. The van der Waals surface area contributed by atoms with E-state index >= 15 is 0 Å². The number of halogens is 1. The smallest absolute Gasteiger partial charge is 0.0336 e. The zero-order chi connectivity index (χ0) is 11.5. The topological polar surface area (TPSA) is 3.24 Å². The molecule has 0 aromatic heterocycles. The molecule has 1 aliphatic carbocycles. The molecule has 0 N–H and O–H groups in total. The molecule has 1 nitrogen and oxygen atoms in total. The zero-order valence-corrected chi connectivity index (χ0v) is 11.5. The minimum atomic E-state index is 0.467. The van der Waals surface area contributed by atoms with Gasteiger partial charge in [0.2, 0.25) is 0 Å². The minimum absolute atomic E-state index is 0.467. The Morgan fingerprint density at radius 2 is 1.69 bits per heavy atom. The standard InChI is InChI=1S/C14H26ClN/c1-11-3-4-12(2)16(9-11)10-13-5-7-14(15)8-6-13/h11-14H,3-10H2,1-2H3. The molecule has 94 valence electrons. The molecule has 2 heteroatoms. The number of hydrogen-bond donors (Lipinski definition) is 0. The summed E-state index contributed by atoms with van der Waals surface area (Å²) in [6.45, 7) is 7.45. The molecule has 2 atom stereocenters. The monoisotopic (exact) mass is 243 g/mol. The van der Waals surface area contributed by atoms with Crippen molar-refractivity contribution in [3.8, 4) is 0 Å². The lowest BCUT2D eigenvalue weighted by atomic mass is 9.86. The van der Waals surface area contributed by atoms with Crippen molar-refractivity contribution in [2.75, 3.05) is 13.1 Å². The lowest BCUT2D eigenvalue weighted by molar-refractivity contribution is 0.0957. The lowest BCUT2D eigenvalue weighted by Gasteiger charge is -2.40. The van der Waals surface area contributed by atoms with E-state index in [1.54, 1.807) is 0 Å². The predicted octanol–water partition coefficient (Wildman–Crippen LogP) is 3.90. The Hall–Kier alpha value is 0.250. The Kier molecular flexibility index (Phi) is 4.55. The van der Waals surface area contributed by atoms with Gasteiger partial charge in [0, 0.05) is 24.5 Å². The molecular formula is C14H26ClN. The van der Waals surface area contributed by atoms with Crippen molar-refractivity contribution in [3.63, 3.8) is 0 Å². The summed E-state index contributed by atoms with van der Waals surface area (Å²) < 4.78 is 0. The molecule has 2 rings (SSSR count). The molecule has 0 aromatic rings. The van der Waals surface area contributed by atoms with E-state index in [9.17, 15) is 0 Å². The van der Waals surface area contributed by atoms with Gasteiger partial charge >= 0.3 is 0 Å². The molecule has 1 saturated carbocycles. The van der Waals surface area contributed by atoms with Crippen molar-refractivity contribution in [1.82, 2.24) is 4.90 Å².